The lowest BCUT2D eigenvalue weighted by molar-refractivity contribution is 0.658. The van der Waals surface area contributed by atoms with Crippen molar-refractivity contribution in [2.75, 3.05) is 0 Å². The summed E-state index contributed by atoms with van der Waals surface area (Å²) >= 11 is 8.58. The highest BCUT2D eigenvalue weighted by Crippen LogP contribution is 2.36. The lowest BCUT2D eigenvalue weighted by atomic mass is 10.1. The third-order valence-corrected chi connectivity index (χ3v) is 5.65. The van der Waals surface area contributed by atoms with E-state index in [9.17, 15) is 0 Å². The average molecular weight is 365 g/mol. The summed E-state index contributed by atoms with van der Waals surface area (Å²) in [5, 5.41) is 4.23. The van der Waals surface area contributed by atoms with Gasteiger partial charge in [-0.25, -0.2) is 0 Å². The molecule has 0 aliphatic rings. The zero-order valence-corrected chi connectivity index (χ0v) is 12.6. The number of nitrogens with zero attached hydrogens (tertiary/aromatic N) is 2. The number of nitrogens with two attached hydrogens (primary N) is 1. The van der Waals surface area contributed by atoms with E-state index in [1.807, 2.05) is 23.1 Å². The maximum absolute atomic E-state index is 6.18. The third-order valence-electron chi connectivity index (χ3n) is 2.31. The number of hydrogen-bond acceptors (Lipinski definition) is 3. The Hall–Kier alpha value is -0.170. The maximum atomic E-state index is 6.18. The molecule has 1 atom stereocenters. The molecule has 0 amide bonds. The molecule has 0 bridgehead atoms. The summed E-state index contributed by atoms with van der Waals surface area (Å²) < 4.78 is 4.00. The Kier molecular flexibility index (Phi) is 3.84. The first-order chi connectivity index (χ1) is 7.61. The second kappa shape index (κ2) is 5.00. The van der Waals surface area contributed by atoms with Gasteiger partial charge in [0, 0.05) is 27.7 Å². The first-order valence-electron chi connectivity index (χ1n) is 4.84. The molecule has 2 aromatic rings. The Morgan fingerprint density at radius 2 is 2.31 bits per heavy atom. The molecule has 16 heavy (non-hydrogen) atoms. The van der Waals surface area contributed by atoms with E-state index in [-0.39, 0.29) is 6.04 Å². The van der Waals surface area contributed by atoms with Gasteiger partial charge in [0.25, 0.3) is 0 Å². The minimum Gasteiger partial charge on any atom is -0.320 e. The van der Waals surface area contributed by atoms with Gasteiger partial charge in [0.15, 0.2) is 0 Å². The molecule has 86 valence electrons. The van der Waals surface area contributed by atoms with Crippen LogP contribution in [-0.4, -0.2) is 9.78 Å². The van der Waals surface area contributed by atoms with Gasteiger partial charge < -0.3 is 5.73 Å². The third kappa shape index (κ3) is 2.40. The summed E-state index contributed by atoms with van der Waals surface area (Å²) in [7, 11) is 0. The molecule has 0 saturated heterocycles. The van der Waals surface area contributed by atoms with Crippen molar-refractivity contribution < 1.29 is 0 Å². The summed E-state index contributed by atoms with van der Waals surface area (Å²) in [5.74, 6) is 0. The summed E-state index contributed by atoms with van der Waals surface area (Å²) in [6, 6.07) is 1.94. The van der Waals surface area contributed by atoms with Crippen LogP contribution in [0.4, 0.5) is 0 Å². The Bertz CT molecular complexity index is 472. The lowest BCUT2D eigenvalue weighted by Gasteiger charge is -2.05. The fourth-order valence-electron chi connectivity index (χ4n) is 1.39. The van der Waals surface area contributed by atoms with Crippen molar-refractivity contribution in [3.05, 3.63) is 37.2 Å². The Morgan fingerprint density at radius 3 is 2.81 bits per heavy atom. The number of thiophene rings is 1. The normalized spacial score (nSPS) is 13.0. The molecule has 2 N–H and O–H groups in total. The van der Waals surface area contributed by atoms with E-state index in [1.165, 1.54) is 0 Å². The highest BCUT2D eigenvalue weighted by Gasteiger charge is 2.15. The summed E-state index contributed by atoms with van der Waals surface area (Å²) in [6.45, 7) is 2.92. The van der Waals surface area contributed by atoms with E-state index in [0.717, 1.165) is 25.2 Å². The molecule has 1 unspecified atom stereocenters. The zero-order valence-electron chi connectivity index (χ0n) is 8.65. The largest absolute Gasteiger partial charge is 0.320 e. The Labute approximate surface area is 115 Å². The van der Waals surface area contributed by atoms with Gasteiger partial charge in [-0.3, -0.25) is 4.68 Å². The van der Waals surface area contributed by atoms with Gasteiger partial charge in [-0.05, 0) is 44.8 Å². The van der Waals surface area contributed by atoms with Crippen molar-refractivity contribution in [2.45, 2.75) is 19.5 Å². The molecule has 2 heterocycles. The number of halogens is 2. The van der Waals surface area contributed by atoms with Crippen LogP contribution in [0.15, 0.2) is 26.7 Å². The number of aryl methyl sites for hydroxylation is 1. The first-order valence-corrected chi connectivity index (χ1v) is 7.24. The van der Waals surface area contributed by atoms with Crippen molar-refractivity contribution in [1.29, 1.82) is 0 Å². The molecule has 0 fully saturated rings. The quantitative estimate of drug-likeness (QED) is 0.905. The van der Waals surface area contributed by atoms with E-state index in [1.54, 1.807) is 11.3 Å². The molecule has 0 radical (unpaired) electrons. The average Bonchev–Trinajstić information content (AvgIpc) is 2.86. The van der Waals surface area contributed by atoms with Crippen LogP contribution in [0.5, 0.6) is 0 Å². The van der Waals surface area contributed by atoms with Crippen LogP contribution < -0.4 is 5.73 Å². The van der Waals surface area contributed by atoms with Crippen molar-refractivity contribution >= 4 is 43.2 Å². The van der Waals surface area contributed by atoms with Crippen molar-refractivity contribution in [1.82, 2.24) is 9.78 Å². The predicted molar refractivity (Wildman–Crippen MR) is 73.7 cm³/mol. The fourth-order valence-corrected chi connectivity index (χ4v) is 3.51. The molecule has 0 spiro atoms. The minimum atomic E-state index is -0.104. The maximum Gasteiger partial charge on any atom is 0.0843 e. The van der Waals surface area contributed by atoms with Gasteiger partial charge in [-0.1, -0.05) is 0 Å². The monoisotopic (exact) mass is 363 g/mol. The summed E-state index contributed by atoms with van der Waals surface area (Å²) in [5.41, 5.74) is 7.23. The van der Waals surface area contributed by atoms with Crippen LogP contribution in [0.2, 0.25) is 0 Å². The first kappa shape index (κ1) is 12.3. The summed E-state index contributed by atoms with van der Waals surface area (Å²) in [4.78, 5) is 1.12. The fraction of sp³-hybridized carbons (Fsp3) is 0.300. The SMILES string of the molecule is CCn1cc(C(N)c2cc(Br)c(Br)s2)cn1. The molecular formula is C10H11Br2N3S. The molecule has 3 nitrogen and oxygen atoms in total. The standard InChI is InChI=1S/C10H11Br2N3S/c1-2-15-5-6(4-14-15)9(13)8-3-7(11)10(12)16-8/h3-5,9H,2,13H2,1H3. The minimum absolute atomic E-state index is 0.104. The Morgan fingerprint density at radius 1 is 1.56 bits per heavy atom. The highest BCUT2D eigenvalue weighted by atomic mass is 79.9. The lowest BCUT2D eigenvalue weighted by Crippen LogP contribution is -2.09. The molecular weight excluding hydrogens is 354 g/mol. The van der Waals surface area contributed by atoms with Crippen molar-refractivity contribution in [3.8, 4) is 0 Å². The van der Waals surface area contributed by atoms with E-state index in [4.69, 9.17) is 5.73 Å². The molecule has 0 aromatic carbocycles. The van der Waals surface area contributed by atoms with Gasteiger partial charge in [-0.15, -0.1) is 11.3 Å². The summed E-state index contributed by atoms with van der Waals surface area (Å²) in [6.07, 6.45) is 3.82. The van der Waals surface area contributed by atoms with Crippen LogP contribution in [0.1, 0.15) is 23.4 Å². The van der Waals surface area contributed by atoms with Crippen LogP contribution in [0, 0.1) is 0 Å². The topological polar surface area (TPSA) is 43.8 Å². The van der Waals surface area contributed by atoms with Crippen molar-refractivity contribution in [3.63, 3.8) is 0 Å². The highest BCUT2D eigenvalue weighted by molar-refractivity contribution is 9.13. The molecule has 0 saturated carbocycles. The van der Waals surface area contributed by atoms with Crippen LogP contribution >= 0.6 is 43.2 Å². The van der Waals surface area contributed by atoms with Gasteiger partial charge >= 0.3 is 0 Å². The van der Waals surface area contributed by atoms with Crippen molar-refractivity contribution in [2.24, 2.45) is 5.73 Å². The molecule has 2 aromatic heterocycles. The van der Waals surface area contributed by atoms with Gasteiger partial charge in [-0.2, -0.15) is 5.10 Å². The second-order valence-corrected chi connectivity index (χ2v) is 6.63. The van der Waals surface area contributed by atoms with E-state index < -0.39 is 0 Å². The second-order valence-electron chi connectivity index (χ2n) is 3.38. The van der Waals surface area contributed by atoms with Crippen LogP contribution in [0.3, 0.4) is 0 Å². The zero-order chi connectivity index (χ0) is 11.7. The number of hydrogen-bond donors (Lipinski definition) is 1. The van der Waals surface area contributed by atoms with E-state index in [2.05, 4.69) is 43.9 Å². The van der Waals surface area contributed by atoms with Gasteiger partial charge in [0.2, 0.25) is 0 Å². The van der Waals surface area contributed by atoms with Gasteiger partial charge in [0.05, 0.1) is 16.0 Å². The molecule has 2 rings (SSSR count). The van der Waals surface area contributed by atoms with Crippen LogP contribution in [0.25, 0.3) is 0 Å². The van der Waals surface area contributed by atoms with E-state index in [0.29, 0.717) is 0 Å². The molecule has 0 aliphatic carbocycles. The predicted octanol–water partition coefficient (Wildman–Crippen LogP) is 3.54. The number of aromatic nitrogens is 2. The molecule has 6 heteroatoms. The smallest absolute Gasteiger partial charge is 0.0843 e. The Balaban J connectivity index is 2.27. The van der Waals surface area contributed by atoms with Crippen LogP contribution in [-0.2, 0) is 6.54 Å². The van der Waals surface area contributed by atoms with Gasteiger partial charge in [0.1, 0.15) is 0 Å². The van der Waals surface area contributed by atoms with E-state index >= 15 is 0 Å². The molecule has 0 aliphatic heterocycles. The number of rotatable bonds is 3.